The molecule has 0 aliphatic carbocycles. The van der Waals surface area contributed by atoms with Crippen molar-refractivity contribution in [1.82, 2.24) is 0 Å². The number of unbranched alkanes of at least 4 members (excludes halogenated alkanes) is 2. The topological polar surface area (TPSA) is 61.8 Å². The number of hydrogen-bond donors (Lipinski definition) is 0. The van der Waals surface area contributed by atoms with E-state index in [0.29, 0.717) is 48.5 Å². The van der Waals surface area contributed by atoms with Gasteiger partial charge in [0, 0.05) is 32.7 Å². The molecule has 5 nitrogen and oxygen atoms in total. The Morgan fingerprint density at radius 3 is 2.37 bits per heavy atom. The molecular weight excluding hydrogens is 424 g/mol. The molecule has 0 amide bonds. The second kappa shape index (κ2) is 10.6. The first-order valence-corrected chi connectivity index (χ1v) is 11.3. The molecule has 3 aromatic rings. The van der Waals surface area contributed by atoms with Crippen molar-refractivity contribution in [1.29, 1.82) is 0 Å². The maximum absolute atomic E-state index is 13.1. The van der Waals surface area contributed by atoms with Crippen LogP contribution >= 0.6 is 22.9 Å². The van der Waals surface area contributed by atoms with E-state index in [1.165, 1.54) is 11.3 Å². The fraction of sp³-hybridized carbons (Fsp3) is 0.391. The molecule has 0 atom stereocenters. The molecule has 0 unspecified atom stereocenters. The van der Waals surface area contributed by atoms with E-state index >= 15 is 0 Å². The average Bonchev–Trinajstić information content (AvgIpc) is 2.71. The fourth-order valence-electron chi connectivity index (χ4n) is 3.20. The Hall–Kier alpha value is -2.31. The summed E-state index contributed by atoms with van der Waals surface area (Å²) in [5, 5.41) is 0.966. The Morgan fingerprint density at radius 2 is 1.63 bits per heavy atom. The van der Waals surface area contributed by atoms with Gasteiger partial charge in [0.25, 0.3) is 0 Å². The van der Waals surface area contributed by atoms with Crippen LogP contribution in [0.25, 0.3) is 20.2 Å². The summed E-state index contributed by atoms with van der Waals surface area (Å²) in [6.45, 7) is 5.39. The van der Waals surface area contributed by atoms with Gasteiger partial charge in [-0.2, -0.15) is 0 Å². The summed E-state index contributed by atoms with van der Waals surface area (Å²) in [7, 11) is 0. The monoisotopic (exact) mass is 448 g/mol. The molecule has 0 saturated carbocycles. The second-order valence-corrected chi connectivity index (χ2v) is 8.27. The Kier molecular flexibility index (Phi) is 7.94. The summed E-state index contributed by atoms with van der Waals surface area (Å²) >= 11 is 6.89. The third-order valence-electron chi connectivity index (χ3n) is 4.59. The van der Waals surface area contributed by atoms with Crippen LogP contribution in [0.15, 0.2) is 35.1 Å². The van der Waals surface area contributed by atoms with Gasteiger partial charge < -0.3 is 14.2 Å². The van der Waals surface area contributed by atoms with Crippen molar-refractivity contribution in [2.45, 2.75) is 39.5 Å². The molecule has 160 valence electrons. The second-order valence-electron chi connectivity index (χ2n) is 6.76. The quantitative estimate of drug-likeness (QED) is 0.207. The summed E-state index contributed by atoms with van der Waals surface area (Å²) in [6, 6.07) is 9.19. The van der Waals surface area contributed by atoms with E-state index in [9.17, 15) is 9.59 Å². The maximum Gasteiger partial charge on any atom is 0.221 e. The van der Waals surface area contributed by atoms with Crippen molar-refractivity contribution < 1.29 is 19.0 Å². The van der Waals surface area contributed by atoms with Crippen LogP contribution in [-0.2, 0) is 4.79 Å². The number of carbonyl (C=O) groups excluding carboxylic acids is 1. The third kappa shape index (κ3) is 5.43. The number of benzene rings is 2. The summed E-state index contributed by atoms with van der Waals surface area (Å²) in [5.41, 5.74) is -0.0321. The zero-order valence-corrected chi connectivity index (χ0v) is 18.7. The van der Waals surface area contributed by atoms with Crippen LogP contribution in [0.4, 0.5) is 0 Å². The van der Waals surface area contributed by atoms with Crippen LogP contribution in [0, 0.1) is 0 Å². The highest BCUT2D eigenvalue weighted by Crippen LogP contribution is 2.36. The maximum atomic E-state index is 13.1. The molecule has 0 N–H and O–H groups in total. The minimum Gasteiger partial charge on any atom is -0.494 e. The van der Waals surface area contributed by atoms with E-state index in [-0.39, 0.29) is 10.7 Å². The van der Waals surface area contributed by atoms with E-state index in [1.54, 1.807) is 6.07 Å². The summed E-state index contributed by atoms with van der Waals surface area (Å²) in [4.78, 5) is 23.9. The lowest BCUT2D eigenvalue weighted by atomic mass is 10.1. The molecule has 1 heterocycles. The fourth-order valence-corrected chi connectivity index (χ4v) is 4.45. The van der Waals surface area contributed by atoms with Crippen LogP contribution in [0.1, 0.15) is 39.5 Å². The lowest BCUT2D eigenvalue weighted by Crippen LogP contribution is -2.05. The number of rotatable bonds is 11. The molecular formula is C23H25ClO5S. The molecule has 0 radical (unpaired) electrons. The summed E-state index contributed by atoms with van der Waals surface area (Å²) in [5.74, 6) is 1.94. The standard InChI is InChI=1S/C23H25ClO5S/c1-3-27-15-9-10-16-20(12-15)30-21-14-19(28-4-2)18(13-17(21)23(16)26)29-11-7-5-6-8-22(24)25/h9-10,12-14H,3-8,11H2,1-2H3. The minimum atomic E-state index is -0.311. The Balaban J connectivity index is 1.89. The normalized spacial score (nSPS) is 11.0. The zero-order chi connectivity index (χ0) is 21.5. The van der Waals surface area contributed by atoms with Gasteiger partial charge in [0.2, 0.25) is 5.24 Å². The average molecular weight is 449 g/mol. The van der Waals surface area contributed by atoms with Gasteiger partial charge in [0.1, 0.15) is 5.75 Å². The van der Waals surface area contributed by atoms with Crippen LogP contribution in [0.5, 0.6) is 17.2 Å². The molecule has 0 saturated heterocycles. The lowest BCUT2D eigenvalue weighted by Gasteiger charge is -2.13. The van der Waals surface area contributed by atoms with Crippen molar-refractivity contribution >= 4 is 48.4 Å². The molecule has 0 aliphatic rings. The molecule has 0 bridgehead atoms. The van der Waals surface area contributed by atoms with E-state index in [4.69, 9.17) is 25.8 Å². The van der Waals surface area contributed by atoms with Gasteiger partial charge in [0.05, 0.1) is 19.8 Å². The lowest BCUT2D eigenvalue weighted by molar-refractivity contribution is -0.111. The SMILES string of the molecule is CCOc1ccc2c(=O)c3cc(OCCCCCC(=O)Cl)c(OCC)cc3sc2c1. The molecule has 30 heavy (non-hydrogen) atoms. The van der Waals surface area contributed by atoms with E-state index in [0.717, 1.165) is 34.4 Å². The number of hydrogen-bond acceptors (Lipinski definition) is 6. The van der Waals surface area contributed by atoms with Crippen LogP contribution in [0.2, 0.25) is 0 Å². The smallest absolute Gasteiger partial charge is 0.221 e. The highest BCUT2D eigenvalue weighted by molar-refractivity contribution is 7.24. The first kappa shape index (κ1) is 22.4. The van der Waals surface area contributed by atoms with Gasteiger partial charge in [-0.3, -0.25) is 9.59 Å². The zero-order valence-electron chi connectivity index (χ0n) is 17.2. The summed E-state index contributed by atoms with van der Waals surface area (Å²) in [6.07, 6.45) is 2.75. The van der Waals surface area contributed by atoms with Crippen molar-refractivity contribution in [3.8, 4) is 17.2 Å². The molecule has 1 aromatic heterocycles. The van der Waals surface area contributed by atoms with E-state index in [2.05, 4.69) is 0 Å². The van der Waals surface area contributed by atoms with Gasteiger partial charge in [-0.1, -0.05) is 0 Å². The third-order valence-corrected chi connectivity index (χ3v) is 5.90. The summed E-state index contributed by atoms with van der Waals surface area (Å²) < 4.78 is 19.0. The van der Waals surface area contributed by atoms with E-state index < -0.39 is 0 Å². The first-order chi connectivity index (χ1) is 14.5. The highest BCUT2D eigenvalue weighted by atomic mass is 35.5. The van der Waals surface area contributed by atoms with E-state index in [1.807, 2.05) is 38.1 Å². The van der Waals surface area contributed by atoms with Crippen molar-refractivity contribution in [2.24, 2.45) is 0 Å². The molecule has 0 aliphatic heterocycles. The van der Waals surface area contributed by atoms with Gasteiger partial charge in [0.15, 0.2) is 16.9 Å². The molecule has 2 aromatic carbocycles. The van der Waals surface area contributed by atoms with Gasteiger partial charge in [-0.15, -0.1) is 11.3 Å². The van der Waals surface area contributed by atoms with Crippen molar-refractivity contribution in [3.05, 3.63) is 40.6 Å². The van der Waals surface area contributed by atoms with Gasteiger partial charge in [-0.25, -0.2) is 0 Å². The predicted molar refractivity (Wildman–Crippen MR) is 123 cm³/mol. The Labute approximate surface area is 184 Å². The largest absolute Gasteiger partial charge is 0.494 e. The van der Waals surface area contributed by atoms with Crippen molar-refractivity contribution in [2.75, 3.05) is 19.8 Å². The molecule has 0 fully saturated rings. The number of fused-ring (bicyclic) bond motifs is 2. The highest BCUT2D eigenvalue weighted by Gasteiger charge is 2.13. The molecule has 3 rings (SSSR count). The van der Waals surface area contributed by atoms with Crippen LogP contribution in [-0.4, -0.2) is 25.1 Å². The molecule has 7 heteroatoms. The Morgan fingerprint density at radius 1 is 0.900 bits per heavy atom. The molecule has 0 spiro atoms. The van der Waals surface area contributed by atoms with Crippen molar-refractivity contribution in [3.63, 3.8) is 0 Å². The van der Waals surface area contributed by atoms with Crippen LogP contribution < -0.4 is 19.6 Å². The predicted octanol–water partition coefficient (Wildman–Crippen LogP) is 5.92. The number of carbonyl (C=O) groups is 1. The minimum absolute atomic E-state index is 0.0321. The van der Waals surface area contributed by atoms with Crippen LogP contribution in [0.3, 0.4) is 0 Å². The van der Waals surface area contributed by atoms with Gasteiger partial charge >= 0.3 is 0 Å². The van der Waals surface area contributed by atoms with Gasteiger partial charge in [-0.05, 0) is 69.0 Å². The Bertz CT molecular complexity index is 1090. The number of ether oxygens (including phenoxy) is 3. The number of halogens is 1. The first-order valence-electron chi connectivity index (χ1n) is 10.1.